The molecule has 2 N–H and O–H groups in total. The fourth-order valence-corrected chi connectivity index (χ4v) is 3.80. The lowest BCUT2D eigenvalue weighted by Gasteiger charge is -2.25. The number of ether oxygens (including phenoxy) is 3. The second-order valence-electron chi connectivity index (χ2n) is 7.72. The number of nitrogens with zero attached hydrogens (tertiary/aromatic N) is 4. The molecule has 33 heavy (non-hydrogen) atoms. The Labute approximate surface area is 213 Å². The van der Waals surface area contributed by atoms with Crippen molar-refractivity contribution in [2.75, 3.05) is 33.9 Å². The van der Waals surface area contributed by atoms with E-state index in [9.17, 15) is 0 Å². The first-order valence-electron chi connectivity index (χ1n) is 11.4. The molecule has 3 rings (SSSR count). The first-order valence-corrected chi connectivity index (χ1v) is 11.4. The van der Waals surface area contributed by atoms with Crippen molar-refractivity contribution in [2.45, 2.75) is 58.7 Å². The standard InChI is InChI=1S/C23H36N6O3.HI/c1-5-24-23(26-18-10-12-22-27-21(16-30-3)28-29(22)15-18)25-13-7-8-17-9-11-19(31-4)20(14-17)32-6-2;/h9,11,14,18H,5-8,10,12-13,15-16H2,1-4H3,(H2,24,25,26);1H. The molecular formula is C23H37IN6O3. The van der Waals surface area contributed by atoms with Crippen LogP contribution in [-0.4, -0.2) is 60.7 Å². The van der Waals surface area contributed by atoms with E-state index in [4.69, 9.17) is 19.2 Å². The molecule has 0 spiro atoms. The van der Waals surface area contributed by atoms with Gasteiger partial charge in [0.15, 0.2) is 23.3 Å². The number of benzene rings is 1. The molecule has 0 fully saturated rings. The molecule has 0 radical (unpaired) electrons. The molecule has 184 valence electrons. The van der Waals surface area contributed by atoms with Crippen LogP contribution in [0.15, 0.2) is 23.2 Å². The Kier molecular flexibility index (Phi) is 11.7. The highest BCUT2D eigenvalue weighted by atomic mass is 127. The number of rotatable bonds is 11. The number of guanidine groups is 1. The van der Waals surface area contributed by atoms with Gasteiger partial charge >= 0.3 is 0 Å². The quantitative estimate of drug-likeness (QED) is 0.185. The Bertz CT molecular complexity index is 889. The van der Waals surface area contributed by atoms with Crippen LogP contribution < -0.4 is 20.1 Å². The highest BCUT2D eigenvalue weighted by Crippen LogP contribution is 2.28. The van der Waals surface area contributed by atoms with E-state index in [1.807, 2.05) is 17.7 Å². The zero-order chi connectivity index (χ0) is 22.8. The molecule has 0 saturated carbocycles. The number of methoxy groups -OCH3 is 2. The molecule has 0 amide bonds. The smallest absolute Gasteiger partial charge is 0.191 e. The fourth-order valence-electron chi connectivity index (χ4n) is 3.80. The largest absolute Gasteiger partial charge is 0.493 e. The van der Waals surface area contributed by atoms with Crippen LogP contribution >= 0.6 is 24.0 Å². The average molecular weight is 572 g/mol. The van der Waals surface area contributed by atoms with Gasteiger partial charge in [0.05, 0.1) is 20.3 Å². The number of aliphatic imine (C=N–C) groups is 1. The molecular weight excluding hydrogens is 535 g/mol. The predicted molar refractivity (Wildman–Crippen MR) is 140 cm³/mol. The summed E-state index contributed by atoms with van der Waals surface area (Å²) in [5, 5.41) is 11.5. The normalized spacial score (nSPS) is 15.4. The molecule has 2 heterocycles. The summed E-state index contributed by atoms with van der Waals surface area (Å²) in [4.78, 5) is 9.32. The summed E-state index contributed by atoms with van der Waals surface area (Å²) in [5.74, 6) is 4.19. The van der Waals surface area contributed by atoms with E-state index >= 15 is 0 Å². The summed E-state index contributed by atoms with van der Waals surface area (Å²) in [6.07, 6.45) is 3.78. The molecule has 1 aliphatic rings. The van der Waals surface area contributed by atoms with Gasteiger partial charge in [-0.25, -0.2) is 9.67 Å². The number of fused-ring (bicyclic) bond motifs is 1. The SMILES string of the molecule is CCNC(=NCCCc1ccc(OC)c(OCC)c1)NC1CCc2nc(COC)nn2C1.I. The predicted octanol–water partition coefficient (Wildman–Crippen LogP) is 2.95. The zero-order valence-electron chi connectivity index (χ0n) is 20.1. The van der Waals surface area contributed by atoms with Crippen molar-refractivity contribution in [2.24, 2.45) is 4.99 Å². The van der Waals surface area contributed by atoms with Crippen molar-refractivity contribution in [3.05, 3.63) is 35.4 Å². The van der Waals surface area contributed by atoms with Crippen molar-refractivity contribution in [3.8, 4) is 11.5 Å². The molecule has 1 unspecified atom stereocenters. The van der Waals surface area contributed by atoms with E-state index in [-0.39, 0.29) is 30.0 Å². The lowest BCUT2D eigenvalue weighted by Crippen LogP contribution is -2.47. The number of hydrogen-bond acceptors (Lipinski definition) is 6. The van der Waals surface area contributed by atoms with E-state index in [2.05, 4.69) is 39.8 Å². The van der Waals surface area contributed by atoms with Gasteiger partial charge < -0.3 is 24.8 Å². The summed E-state index contributed by atoms with van der Waals surface area (Å²) in [5.41, 5.74) is 1.22. The van der Waals surface area contributed by atoms with Crippen LogP contribution in [0.2, 0.25) is 0 Å². The Morgan fingerprint density at radius 3 is 2.82 bits per heavy atom. The minimum Gasteiger partial charge on any atom is -0.493 e. The van der Waals surface area contributed by atoms with Gasteiger partial charge in [-0.2, -0.15) is 5.10 Å². The molecule has 9 nitrogen and oxygen atoms in total. The molecule has 1 atom stereocenters. The first-order chi connectivity index (χ1) is 15.7. The summed E-state index contributed by atoms with van der Waals surface area (Å²) >= 11 is 0. The zero-order valence-corrected chi connectivity index (χ0v) is 22.4. The van der Waals surface area contributed by atoms with E-state index < -0.39 is 0 Å². The molecule has 10 heteroatoms. The first kappa shape index (κ1) is 27.2. The van der Waals surface area contributed by atoms with Gasteiger partial charge in [0, 0.05) is 32.7 Å². The lowest BCUT2D eigenvalue weighted by molar-refractivity contribution is 0.177. The summed E-state index contributed by atoms with van der Waals surface area (Å²) in [7, 11) is 3.33. The molecule has 0 aliphatic carbocycles. The highest BCUT2D eigenvalue weighted by Gasteiger charge is 2.22. The van der Waals surface area contributed by atoms with Crippen LogP contribution in [0.5, 0.6) is 11.5 Å². The average Bonchev–Trinajstić information content (AvgIpc) is 3.19. The van der Waals surface area contributed by atoms with E-state index in [0.29, 0.717) is 13.2 Å². The van der Waals surface area contributed by atoms with Gasteiger partial charge in [0.25, 0.3) is 0 Å². The third-order valence-electron chi connectivity index (χ3n) is 5.28. The fraction of sp³-hybridized carbons (Fsp3) is 0.609. The molecule has 1 aliphatic heterocycles. The Morgan fingerprint density at radius 1 is 1.24 bits per heavy atom. The van der Waals surface area contributed by atoms with Crippen LogP contribution in [0.3, 0.4) is 0 Å². The van der Waals surface area contributed by atoms with Crippen LogP contribution in [0.1, 0.15) is 43.9 Å². The van der Waals surface area contributed by atoms with Crippen molar-refractivity contribution in [1.82, 2.24) is 25.4 Å². The highest BCUT2D eigenvalue weighted by molar-refractivity contribution is 14.0. The number of nitrogens with one attached hydrogen (secondary N) is 2. The van der Waals surface area contributed by atoms with Gasteiger partial charge in [-0.1, -0.05) is 6.07 Å². The molecule has 1 aromatic carbocycles. The molecule has 1 aromatic heterocycles. The summed E-state index contributed by atoms with van der Waals surface area (Å²) < 4.78 is 18.2. The van der Waals surface area contributed by atoms with E-state index in [1.54, 1.807) is 14.2 Å². The van der Waals surface area contributed by atoms with Gasteiger partial charge in [-0.3, -0.25) is 4.99 Å². The van der Waals surface area contributed by atoms with Crippen LogP contribution in [-0.2, 0) is 30.7 Å². The number of aromatic nitrogens is 3. The summed E-state index contributed by atoms with van der Waals surface area (Å²) in [6.45, 7) is 7.46. The van der Waals surface area contributed by atoms with Crippen LogP contribution in [0.4, 0.5) is 0 Å². The topological polar surface area (TPSA) is 94.8 Å². The van der Waals surface area contributed by atoms with Crippen molar-refractivity contribution < 1.29 is 14.2 Å². The third kappa shape index (κ3) is 8.02. The van der Waals surface area contributed by atoms with Gasteiger partial charge in [-0.15, -0.1) is 24.0 Å². The number of aryl methyl sites for hydroxylation is 2. The van der Waals surface area contributed by atoms with Gasteiger partial charge in [0.2, 0.25) is 0 Å². The van der Waals surface area contributed by atoms with Crippen molar-refractivity contribution in [3.63, 3.8) is 0 Å². The maximum atomic E-state index is 5.68. The van der Waals surface area contributed by atoms with Gasteiger partial charge in [-0.05, 0) is 50.8 Å². The maximum absolute atomic E-state index is 5.68. The van der Waals surface area contributed by atoms with Crippen molar-refractivity contribution >= 4 is 29.9 Å². The third-order valence-corrected chi connectivity index (χ3v) is 5.28. The minimum absolute atomic E-state index is 0. The Morgan fingerprint density at radius 2 is 2.09 bits per heavy atom. The number of halogens is 1. The van der Waals surface area contributed by atoms with E-state index in [1.165, 1.54) is 5.56 Å². The van der Waals surface area contributed by atoms with Crippen molar-refractivity contribution in [1.29, 1.82) is 0 Å². The minimum atomic E-state index is 0. The second kappa shape index (κ2) is 14.2. The molecule has 2 aromatic rings. The van der Waals surface area contributed by atoms with E-state index in [0.717, 1.165) is 74.4 Å². The monoisotopic (exact) mass is 572 g/mol. The molecule has 0 bridgehead atoms. The van der Waals surface area contributed by atoms with Crippen LogP contribution in [0, 0.1) is 0 Å². The lowest BCUT2D eigenvalue weighted by atomic mass is 10.1. The maximum Gasteiger partial charge on any atom is 0.191 e. The van der Waals surface area contributed by atoms with Crippen LogP contribution in [0.25, 0.3) is 0 Å². The molecule has 0 saturated heterocycles. The Hall–Kier alpha value is -2.08. The summed E-state index contributed by atoms with van der Waals surface area (Å²) in [6, 6.07) is 6.39. The number of hydrogen-bond donors (Lipinski definition) is 2. The Balaban J connectivity index is 0.00000385. The van der Waals surface area contributed by atoms with Gasteiger partial charge in [0.1, 0.15) is 12.4 Å². The second-order valence-corrected chi connectivity index (χ2v) is 7.72.